The fraction of sp³-hybridized carbons (Fsp3) is 0.200. The standard InChI is InChI=1S/C15H13NO2/c1-10-8-14(17)16(15(10)18)13-7-6-11-4-2-3-5-12(11)9-13/h2-7,9-10H,8H2,1H3. The lowest BCUT2D eigenvalue weighted by Crippen LogP contribution is -2.29. The van der Waals surface area contributed by atoms with E-state index in [4.69, 9.17) is 0 Å². The summed E-state index contributed by atoms with van der Waals surface area (Å²) in [6, 6.07) is 13.6. The highest BCUT2D eigenvalue weighted by Crippen LogP contribution is 2.28. The van der Waals surface area contributed by atoms with E-state index in [9.17, 15) is 9.59 Å². The zero-order valence-corrected chi connectivity index (χ0v) is 10.1. The minimum Gasteiger partial charge on any atom is -0.274 e. The van der Waals surface area contributed by atoms with Crippen LogP contribution in [-0.4, -0.2) is 11.8 Å². The smallest absolute Gasteiger partial charge is 0.237 e. The van der Waals surface area contributed by atoms with Crippen LogP contribution in [0, 0.1) is 5.92 Å². The number of carbonyl (C=O) groups excluding carboxylic acids is 2. The molecule has 0 radical (unpaired) electrons. The van der Waals surface area contributed by atoms with Crippen molar-refractivity contribution in [3.63, 3.8) is 0 Å². The van der Waals surface area contributed by atoms with Crippen LogP contribution < -0.4 is 4.90 Å². The first kappa shape index (κ1) is 11.0. The van der Waals surface area contributed by atoms with Crippen molar-refractivity contribution >= 4 is 28.3 Å². The number of hydrogen-bond acceptors (Lipinski definition) is 2. The highest BCUT2D eigenvalue weighted by Gasteiger charge is 2.36. The van der Waals surface area contributed by atoms with Crippen molar-refractivity contribution in [2.24, 2.45) is 5.92 Å². The molecule has 1 saturated heterocycles. The third kappa shape index (κ3) is 1.59. The van der Waals surface area contributed by atoms with Crippen LogP contribution >= 0.6 is 0 Å². The van der Waals surface area contributed by atoms with Gasteiger partial charge < -0.3 is 0 Å². The van der Waals surface area contributed by atoms with E-state index in [1.54, 1.807) is 6.92 Å². The summed E-state index contributed by atoms with van der Waals surface area (Å²) < 4.78 is 0. The first-order valence-electron chi connectivity index (χ1n) is 6.02. The fourth-order valence-corrected chi connectivity index (χ4v) is 2.37. The van der Waals surface area contributed by atoms with Gasteiger partial charge >= 0.3 is 0 Å². The SMILES string of the molecule is CC1CC(=O)N(c2ccc3ccccc3c2)C1=O. The van der Waals surface area contributed by atoms with Crippen molar-refractivity contribution in [2.75, 3.05) is 4.90 Å². The van der Waals surface area contributed by atoms with Crippen molar-refractivity contribution in [1.82, 2.24) is 0 Å². The van der Waals surface area contributed by atoms with Gasteiger partial charge in [0, 0.05) is 12.3 Å². The van der Waals surface area contributed by atoms with E-state index in [-0.39, 0.29) is 17.7 Å². The van der Waals surface area contributed by atoms with E-state index in [2.05, 4.69) is 0 Å². The van der Waals surface area contributed by atoms with E-state index in [0.29, 0.717) is 12.1 Å². The molecule has 0 aliphatic carbocycles. The normalized spacial score (nSPS) is 19.8. The van der Waals surface area contributed by atoms with Crippen LogP contribution in [0.15, 0.2) is 42.5 Å². The molecule has 1 aliphatic rings. The maximum Gasteiger partial charge on any atom is 0.237 e. The largest absolute Gasteiger partial charge is 0.274 e. The van der Waals surface area contributed by atoms with Crippen molar-refractivity contribution in [1.29, 1.82) is 0 Å². The van der Waals surface area contributed by atoms with Crippen molar-refractivity contribution in [3.05, 3.63) is 42.5 Å². The van der Waals surface area contributed by atoms with Gasteiger partial charge in [0.15, 0.2) is 0 Å². The van der Waals surface area contributed by atoms with E-state index >= 15 is 0 Å². The zero-order valence-electron chi connectivity index (χ0n) is 10.1. The number of benzene rings is 2. The molecular formula is C15H13NO2. The summed E-state index contributed by atoms with van der Waals surface area (Å²) in [6.45, 7) is 1.79. The molecule has 18 heavy (non-hydrogen) atoms. The van der Waals surface area contributed by atoms with Gasteiger partial charge in [-0.2, -0.15) is 0 Å². The topological polar surface area (TPSA) is 37.4 Å². The summed E-state index contributed by atoms with van der Waals surface area (Å²) >= 11 is 0. The van der Waals surface area contributed by atoms with Gasteiger partial charge in [-0.15, -0.1) is 0 Å². The van der Waals surface area contributed by atoms with Gasteiger partial charge in [0.05, 0.1) is 5.69 Å². The Morgan fingerprint density at radius 1 is 1.06 bits per heavy atom. The molecule has 1 atom stereocenters. The molecule has 1 fully saturated rings. The first-order valence-corrected chi connectivity index (χ1v) is 6.02. The fourth-order valence-electron chi connectivity index (χ4n) is 2.37. The number of hydrogen-bond donors (Lipinski definition) is 0. The van der Waals surface area contributed by atoms with Crippen LogP contribution in [-0.2, 0) is 9.59 Å². The molecule has 1 heterocycles. The van der Waals surface area contributed by atoms with Gasteiger partial charge in [-0.1, -0.05) is 37.3 Å². The van der Waals surface area contributed by atoms with Gasteiger partial charge in [0.2, 0.25) is 11.8 Å². The Hall–Kier alpha value is -2.16. The molecule has 1 aliphatic heterocycles. The Balaban J connectivity index is 2.09. The van der Waals surface area contributed by atoms with Gasteiger partial charge in [-0.25, -0.2) is 0 Å². The second-order valence-corrected chi connectivity index (χ2v) is 4.70. The van der Waals surface area contributed by atoms with Crippen LogP contribution in [0.2, 0.25) is 0 Å². The minimum absolute atomic E-state index is 0.102. The van der Waals surface area contributed by atoms with E-state index in [1.165, 1.54) is 4.90 Å². The minimum atomic E-state index is -0.205. The van der Waals surface area contributed by atoms with Crippen LogP contribution in [0.25, 0.3) is 10.8 Å². The molecule has 2 aromatic carbocycles. The Labute approximate surface area is 105 Å². The van der Waals surface area contributed by atoms with Gasteiger partial charge in [-0.05, 0) is 22.9 Å². The molecule has 3 nitrogen and oxygen atoms in total. The summed E-state index contributed by atoms with van der Waals surface area (Å²) in [5.74, 6) is -0.415. The summed E-state index contributed by atoms with van der Waals surface area (Å²) in [7, 11) is 0. The molecule has 3 heteroatoms. The highest BCUT2D eigenvalue weighted by atomic mass is 16.2. The average molecular weight is 239 g/mol. The first-order chi connectivity index (χ1) is 8.66. The molecule has 0 aromatic heterocycles. The van der Waals surface area contributed by atoms with E-state index in [1.807, 2.05) is 42.5 Å². The molecule has 0 bridgehead atoms. The number of fused-ring (bicyclic) bond motifs is 1. The second kappa shape index (κ2) is 3.95. The lowest BCUT2D eigenvalue weighted by atomic mass is 10.1. The summed E-state index contributed by atoms with van der Waals surface area (Å²) in [4.78, 5) is 25.1. The molecule has 90 valence electrons. The van der Waals surface area contributed by atoms with Crippen LogP contribution in [0.4, 0.5) is 5.69 Å². The number of rotatable bonds is 1. The summed E-state index contributed by atoms with van der Waals surface area (Å²) in [6.07, 6.45) is 0.311. The van der Waals surface area contributed by atoms with E-state index < -0.39 is 0 Å². The average Bonchev–Trinajstić information content (AvgIpc) is 2.63. The Kier molecular flexibility index (Phi) is 2.40. The summed E-state index contributed by atoms with van der Waals surface area (Å²) in [5, 5.41) is 2.14. The van der Waals surface area contributed by atoms with Crippen molar-refractivity contribution in [2.45, 2.75) is 13.3 Å². The Bertz CT molecular complexity index is 648. The predicted octanol–water partition coefficient (Wildman–Crippen LogP) is 2.74. The molecular weight excluding hydrogens is 226 g/mol. The van der Waals surface area contributed by atoms with Crippen LogP contribution in [0.3, 0.4) is 0 Å². The van der Waals surface area contributed by atoms with Gasteiger partial charge in [-0.3, -0.25) is 14.5 Å². The van der Waals surface area contributed by atoms with Crippen molar-refractivity contribution in [3.8, 4) is 0 Å². The molecule has 0 N–H and O–H groups in total. The molecule has 1 unspecified atom stereocenters. The number of amides is 2. The lowest BCUT2D eigenvalue weighted by Gasteiger charge is -2.15. The lowest BCUT2D eigenvalue weighted by molar-refractivity contribution is -0.122. The summed E-state index contributed by atoms with van der Waals surface area (Å²) in [5.41, 5.74) is 0.674. The van der Waals surface area contributed by atoms with Crippen LogP contribution in [0.5, 0.6) is 0 Å². The third-order valence-corrected chi connectivity index (χ3v) is 3.36. The van der Waals surface area contributed by atoms with Crippen molar-refractivity contribution < 1.29 is 9.59 Å². The monoisotopic (exact) mass is 239 g/mol. The maximum absolute atomic E-state index is 12.0. The third-order valence-electron chi connectivity index (χ3n) is 3.36. The molecule has 3 rings (SSSR count). The molecule has 0 spiro atoms. The van der Waals surface area contributed by atoms with E-state index in [0.717, 1.165) is 10.8 Å². The van der Waals surface area contributed by atoms with Crippen LogP contribution in [0.1, 0.15) is 13.3 Å². The molecule has 0 saturated carbocycles. The van der Waals surface area contributed by atoms with Gasteiger partial charge in [0.1, 0.15) is 0 Å². The number of nitrogens with zero attached hydrogens (tertiary/aromatic N) is 1. The number of carbonyl (C=O) groups is 2. The Morgan fingerprint density at radius 3 is 2.44 bits per heavy atom. The Morgan fingerprint density at radius 2 is 1.78 bits per heavy atom. The second-order valence-electron chi connectivity index (χ2n) is 4.70. The predicted molar refractivity (Wildman–Crippen MR) is 70.2 cm³/mol. The quantitative estimate of drug-likeness (QED) is 0.717. The maximum atomic E-state index is 12.0. The molecule has 2 aromatic rings. The number of anilines is 1. The zero-order chi connectivity index (χ0) is 12.7. The molecule has 2 amide bonds. The van der Waals surface area contributed by atoms with Gasteiger partial charge in [0.25, 0.3) is 0 Å². The highest BCUT2D eigenvalue weighted by molar-refractivity contribution is 6.21. The number of imide groups is 1.